The number of carbonyl (C=O) groups excluding carboxylic acids is 1. The lowest BCUT2D eigenvalue weighted by molar-refractivity contribution is -0.135. The lowest BCUT2D eigenvalue weighted by Crippen LogP contribution is -2.04. The summed E-state index contributed by atoms with van der Waals surface area (Å²) in [7, 11) is 0. The maximum Gasteiger partial charge on any atom is 0.335 e. The van der Waals surface area contributed by atoms with E-state index in [0.717, 1.165) is 27.9 Å². The first-order valence-corrected chi connectivity index (χ1v) is 6.23. The number of rotatable bonds is 2. The van der Waals surface area contributed by atoms with E-state index in [1.165, 1.54) is 0 Å². The van der Waals surface area contributed by atoms with E-state index >= 15 is 0 Å². The van der Waals surface area contributed by atoms with Gasteiger partial charge in [-0.15, -0.1) is 0 Å². The Morgan fingerprint density at radius 2 is 2.26 bits per heavy atom. The van der Waals surface area contributed by atoms with Crippen molar-refractivity contribution in [2.45, 2.75) is 13.3 Å². The Labute approximate surface area is 111 Å². The van der Waals surface area contributed by atoms with Gasteiger partial charge in [-0.2, -0.15) is 0 Å². The average molecular weight is 254 g/mol. The van der Waals surface area contributed by atoms with Gasteiger partial charge in [-0.25, -0.2) is 4.79 Å². The molecular formula is C15H14N2O2. The molecule has 1 aromatic carbocycles. The Kier molecular flexibility index (Phi) is 2.91. The zero-order valence-corrected chi connectivity index (χ0v) is 10.6. The number of esters is 1. The molecule has 1 fully saturated rings. The van der Waals surface area contributed by atoms with Crippen molar-refractivity contribution in [2.75, 3.05) is 11.9 Å². The largest absolute Gasteiger partial charge is 0.462 e. The van der Waals surface area contributed by atoms with Gasteiger partial charge in [0.1, 0.15) is 0 Å². The summed E-state index contributed by atoms with van der Waals surface area (Å²) in [5.41, 5.74) is 3.49. The number of nitrogens with zero attached hydrogens (tertiary/aromatic N) is 1. The number of hydrogen-bond donors (Lipinski definition) is 1. The third kappa shape index (κ3) is 2.29. The van der Waals surface area contributed by atoms with Crippen molar-refractivity contribution in [2.24, 2.45) is 0 Å². The van der Waals surface area contributed by atoms with E-state index in [2.05, 4.69) is 10.3 Å². The van der Waals surface area contributed by atoms with Crippen LogP contribution in [-0.4, -0.2) is 17.6 Å². The minimum atomic E-state index is -0.215. The molecule has 0 unspecified atom stereocenters. The molecule has 96 valence electrons. The van der Waals surface area contributed by atoms with Crippen molar-refractivity contribution >= 4 is 22.6 Å². The fourth-order valence-electron chi connectivity index (χ4n) is 2.22. The zero-order valence-electron chi connectivity index (χ0n) is 10.6. The van der Waals surface area contributed by atoms with E-state index < -0.39 is 0 Å². The second kappa shape index (κ2) is 4.72. The minimum absolute atomic E-state index is 0.215. The predicted octanol–water partition coefficient (Wildman–Crippen LogP) is 2.87. The summed E-state index contributed by atoms with van der Waals surface area (Å²) in [6.07, 6.45) is 2.45. The van der Waals surface area contributed by atoms with Crippen LogP contribution in [0.2, 0.25) is 0 Å². The summed E-state index contributed by atoms with van der Waals surface area (Å²) in [6, 6.07) is 9.86. The Morgan fingerprint density at radius 3 is 3.05 bits per heavy atom. The van der Waals surface area contributed by atoms with Crippen LogP contribution >= 0.6 is 0 Å². The summed E-state index contributed by atoms with van der Waals surface area (Å²) in [5, 5.41) is 4.33. The third-order valence-corrected chi connectivity index (χ3v) is 3.22. The molecule has 2 heterocycles. The van der Waals surface area contributed by atoms with Crippen LogP contribution in [0.4, 0.5) is 5.69 Å². The quantitative estimate of drug-likeness (QED) is 0.661. The highest BCUT2D eigenvalue weighted by Gasteiger charge is 2.21. The Balaban J connectivity index is 1.91. The lowest BCUT2D eigenvalue weighted by Gasteiger charge is -2.09. The van der Waals surface area contributed by atoms with E-state index in [1.54, 1.807) is 6.20 Å². The van der Waals surface area contributed by atoms with Crippen molar-refractivity contribution in [3.63, 3.8) is 0 Å². The SMILES string of the molecule is C/C(Nc1ccc2ncccc2c1)=C1\CCOC1=O. The Morgan fingerprint density at radius 1 is 1.37 bits per heavy atom. The van der Waals surface area contributed by atoms with E-state index in [4.69, 9.17) is 4.74 Å². The summed E-state index contributed by atoms with van der Waals surface area (Å²) < 4.78 is 4.95. The molecule has 19 heavy (non-hydrogen) atoms. The normalized spacial score (nSPS) is 17.4. The lowest BCUT2D eigenvalue weighted by atomic mass is 10.1. The van der Waals surface area contributed by atoms with Gasteiger partial charge < -0.3 is 10.1 Å². The van der Waals surface area contributed by atoms with Crippen LogP contribution < -0.4 is 5.32 Å². The van der Waals surface area contributed by atoms with E-state index in [1.807, 2.05) is 37.3 Å². The van der Waals surface area contributed by atoms with Gasteiger partial charge in [-0.1, -0.05) is 6.07 Å². The molecule has 0 atom stereocenters. The van der Waals surface area contributed by atoms with Crippen molar-refractivity contribution in [1.82, 2.24) is 4.98 Å². The number of anilines is 1. The third-order valence-electron chi connectivity index (χ3n) is 3.22. The molecule has 4 heteroatoms. The molecule has 0 spiro atoms. The number of allylic oxidation sites excluding steroid dienone is 1. The van der Waals surface area contributed by atoms with Gasteiger partial charge in [-0.3, -0.25) is 4.98 Å². The van der Waals surface area contributed by atoms with Gasteiger partial charge in [0.25, 0.3) is 0 Å². The van der Waals surface area contributed by atoms with Crippen LogP contribution in [0.3, 0.4) is 0 Å². The standard InChI is InChI=1S/C15H14N2O2/c1-10(13-6-8-19-15(13)18)17-12-4-5-14-11(9-12)3-2-7-16-14/h2-5,7,9,17H,6,8H2,1H3/b13-10-. The fraction of sp³-hybridized carbons (Fsp3) is 0.200. The number of aromatic nitrogens is 1. The molecule has 4 nitrogen and oxygen atoms in total. The van der Waals surface area contributed by atoms with E-state index in [-0.39, 0.29) is 5.97 Å². The molecular weight excluding hydrogens is 240 g/mol. The molecule has 0 amide bonds. The van der Waals surface area contributed by atoms with E-state index in [0.29, 0.717) is 13.0 Å². The van der Waals surface area contributed by atoms with Crippen molar-refractivity contribution in [3.05, 3.63) is 47.8 Å². The van der Waals surface area contributed by atoms with Gasteiger partial charge in [0.2, 0.25) is 0 Å². The fourth-order valence-corrected chi connectivity index (χ4v) is 2.22. The summed E-state index contributed by atoms with van der Waals surface area (Å²) in [5.74, 6) is -0.215. The molecule has 1 aliphatic heterocycles. The van der Waals surface area contributed by atoms with Gasteiger partial charge in [0, 0.05) is 29.4 Å². The number of hydrogen-bond acceptors (Lipinski definition) is 4. The zero-order chi connectivity index (χ0) is 13.2. The number of carbonyl (C=O) groups is 1. The van der Waals surface area contributed by atoms with Crippen LogP contribution in [0.5, 0.6) is 0 Å². The summed E-state index contributed by atoms with van der Waals surface area (Å²) >= 11 is 0. The number of cyclic esters (lactones) is 1. The highest BCUT2D eigenvalue weighted by Crippen LogP contribution is 2.22. The number of pyridine rings is 1. The molecule has 0 aliphatic carbocycles. The van der Waals surface area contributed by atoms with Crippen LogP contribution in [0.1, 0.15) is 13.3 Å². The average Bonchev–Trinajstić information content (AvgIpc) is 2.85. The number of nitrogens with one attached hydrogen (secondary N) is 1. The molecule has 0 bridgehead atoms. The highest BCUT2D eigenvalue weighted by molar-refractivity contribution is 5.92. The predicted molar refractivity (Wildman–Crippen MR) is 73.6 cm³/mol. The molecule has 1 N–H and O–H groups in total. The highest BCUT2D eigenvalue weighted by atomic mass is 16.5. The first kappa shape index (κ1) is 11.7. The molecule has 1 aliphatic rings. The van der Waals surface area contributed by atoms with Crippen LogP contribution in [0, 0.1) is 0 Å². The second-order valence-electron chi connectivity index (χ2n) is 4.53. The number of ether oxygens (including phenoxy) is 1. The molecule has 0 saturated carbocycles. The van der Waals surface area contributed by atoms with Crippen LogP contribution in [0.25, 0.3) is 10.9 Å². The first-order chi connectivity index (χ1) is 9.24. The monoisotopic (exact) mass is 254 g/mol. The van der Waals surface area contributed by atoms with Crippen LogP contribution in [-0.2, 0) is 9.53 Å². The van der Waals surface area contributed by atoms with Crippen molar-refractivity contribution in [3.8, 4) is 0 Å². The minimum Gasteiger partial charge on any atom is -0.462 e. The van der Waals surface area contributed by atoms with Crippen molar-refractivity contribution < 1.29 is 9.53 Å². The van der Waals surface area contributed by atoms with Crippen molar-refractivity contribution in [1.29, 1.82) is 0 Å². The van der Waals surface area contributed by atoms with Gasteiger partial charge in [0.05, 0.1) is 17.7 Å². The molecule has 0 radical (unpaired) electrons. The molecule has 1 saturated heterocycles. The van der Waals surface area contributed by atoms with Crippen LogP contribution in [0.15, 0.2) is 47.8 Å². The van der Waals surface area contributed by atoms with Gasteiger partial charge in [-0.05, 0) is 31.2 Å². The van der Waals surface area contributed by atoms with Gasteiger partial charge >= 0.3 is 5.97 Å². The van der Waals surface area contributed by atoms with E-state index in [9.17, 15) is 4.79 Å². The topological polar surface area (TPSA) is 51.2 Å². The summed E-state index contributed by atoms with van der Waals surface area (Å²) in [4.78, 5) is 15.8. The maximum absolute atomic E-state index is 11.5. The Hall–Kier alpha value is -2.36. The second-order valence-corrected chi connectivity index (χ2v) is 4.53. The molecule has 1 aromatic heterocycles. The molecule has 2 aromatic rings. The number of fused-ring (bicyclic) bond motifs is 1. The van der Waals surface area contributed by atoms with Gasteiger partial charge in [0.15, 0.2) is 0 Å². The maximum atomic E-state index is 11.5. The Bertz CT molecular complexity index is 677. The molecule has 3 rings (SSSR count). The number of benzene rings is 1. The summed E-state index contributed by atoms with van der Waals surface area (Å²) in [6.45, 7) is 2.38. The first-order valence-electron chi connectivity index (χ1n) is 6.23. The smallest absolute Gasteiger partial charge is 0.335 e.